The molecule has 0 saturated heterocycles. The number of nitrogens with one attached hydrogen (secondary N) is 1. The molecule has 1 amide bonds. The number of esters is 1. The first kappa shape index (κ1) is 16.5. The Morgan fingerprint density at radius 2 is 1.94 bits per heavy atom. The molecule has 0 heterocycles. The summed E-state index contributed by atoms with van der Waals surface area (Å²) in [7, 11) is -1.50. The van der Waals surface area contributed by atoms with Gasteiger partial charge in [-0.15, -0.1) is 0 Å². The normalized spacial score (nSPS) is 9.44. The summed E-state index contributed by atoms with van der Waals surface area (Å²) in [6, 6.07) is 0.578. The summed E-state index contributed by atoms with van der Waals surface area (Å²) in [6.07, 6.45) is 0.0176. The first-order valence-corrected chi connectivity index (χ1v) is 7.77. The number of ether oxygens (including phenoxy) is 2. The maximum absolute atomic E-state index is 11.1. The number of alkyl carbamates (subject to hydrolysis) is 1. The lowest BCUT2D eigenvalue weighted by Crippen LogP contribution is -2.29. The van der Waals surface area contributed by atoms with E-state index in [1.807, 2.05) is 0 Å². The lowest BCUT2D eigenvalue weighted by Gasteiger charge is -2.07. The molecule has 0 radical (unpaired) electrons. The number of amides is 1. The van der Waals surface area contributed by atoms with Gasteiger partial charge in [-0.1, -0.05) is 6.58 Å². The Balaban J connectivity index is 3.45. The fraction of sp³-hybridized carbons (Fsp3) is 0.636. The molecule has 0 unspecified atom stereocenters. The van der Waals surface area contributed by atoms with Crippen molar-refractivity contribution in [3.05, 3.63) is 12.2 Å². The van der Waals surface area contributed by atoms with Crippen molar-refractivity contribution in [3.63, 3.8) is 0 Å². The highest BCUT2D eigenvalue weighted by atomic mass is 28.3. The number of carbonyl (C=O) groups is 2. The lowest BCUT2D eigenvalue weighted by molar-refractivity contribution is -0.138. The molecule has 0 aliphatic heterocycles. The maximum atomic E-state index is 11.1. The number of hydrogen-bond donors (Lipinski definition) is 1. The molecule has 7 heteroatoms. The van der Waals surface area contributed by atoms with Gasteiger partial charge in [0.05, 0.1) is 13.2 Å². The van der Waals surface area contributed by atoms with E-state index in [1.165, 1.54) is 0 Å². The fourth-order valence-corrected chi connectivity index (χ4v) is 1.60. The second kappa shape index (κ2) is 9.52. The third kappa shape index (κ3) is 9.70. The monoisotopic (exact) mass is 273 g/mol. The SMILES string of the molecule is C=C(C)C(=O)OCCNC(=O)OCCC[Si](C)=O. The van der Waals surface area contributed by atoms with Crippen molar-refractivity contribution in [1.29, 1.82) is 0 Å². The van der Waals surface area contributed by atoms with E-state index < -0.39 is 20.7 Å². The zero-order chi connectivity index (χ0) is 14.0. The number of hydrogen-bond acceptors (Lipinski definition) is 5. The van der Waals surface area contributed by atoms with Crippen LogP contribution < -0.4 is 5.32 Å². The zero-order valence-electron chi connectivity index (χ0n) is 10.8. The van der Waals surface area contributed by atoms with Crippen molar-refractivity contribution in [2.45, 2.75) is 25.9 Å². The molecule has 0 aliphatic carbocycles. The Bertz CT molecular complexity index is 329. The minimum Gasteiger partial charge on any atom is -0.460 e. The van der Waals surface area contributed by atoms with Crippen LogP contribution in [0.2, 0.25) is 12.6 Å². The van der Waals surface area contributed by atoms with Gasteiger partial charge in [0.2, 0.25) is 0 Å². The highest BCUT2D eigenvalue weighted by Gasteiger charge is 2.05. The molecule has 0 fully saturated rings. The van der Waals surface area contributed by atoms with Crippen LogP contribution in [-0.2, 0) is 18.7 Å². The van der Waals surface area contributed by atoms with Crippen molar-refractivity contribution in [2.24, 2.45) is 0 Å². The molecule has 0 rings (SSSR count). The van der Waals surface area contributed by atoms with Gasteiger partial charge in [0.25, 0.3) is 8.68 Å². The van der Waals surface area contributed by atoms with E-state index in [0.717, 1.165) is 0 Å². The largest absolute Gasteiger partial charge is 0.460 e. The first-order chi connectivity index (χ1) is 8.43. The molecule has 6 nitrogen and oxygen atoms in total. The van der Waals surface area contributed by atoms with E-state index in [9.17, 15) is 14.1 Å². The number of carbonyl (C=O) groups excluding carboxylic acids is 2. The molecule has 0 saturated carbocycles. The van der Waals surface area contributed by atoms with Crippen LogP contribution in [-0.4, -0.2) is 40.5 Å². The van der Waals surface area contributed by atoms with E-state index in [-0.39, 0.29) is 19.8 Å². The Hall–Kier alpha value is -1.50. The van der Waals surface area contributed by atoms with Crippen LogP contribution in [0.5, 0.6) is 0 Å². The molecule has 0 aliphatic rings. The van der Waals surface area contributed by atoms with Gasteiger partial charge in [-0.3, -0.25) is 0 Å². The topological polar surface area (TPSA) is 81.7 Å². The highest BCUT2D eigenvalue weighted by molar-refractivity contribution is 6.40. The molecule has 0 aromatic heterocycles. The minimum absolute atomic E-state index is 0.0729. The van der Waals surface area contributed by atoms with Gasteiger partial charge >= 0.3 is 12.1 Å². The van der Waals surface area contributed by atoms with Crippen LogP contribution in [0.15, 0.2) is 12.2 Å². The first-order valence-electron chi connectivity index (χ1n) is 5.66. The number of rotatable bonds is 8. The van der Waals surface area contributed by atoms with Gasteiger partial charge in [-0.25, -0.2) is 9.59 Å². The Morgan fingerprint density at radius 3 is 2.50 bits per heavy atom. The van der Waals surface area contributed by atoms with Crippen LogP contribution in [0.25, 0.3) is 0 Å². The molecule has 102 valence electrons. The minimum atomic E-state index is -1.50. The van der Waals surface area contributed by atoms with Gasteiger partial charge in [0.1, 0.15) is 6.61 Å². The van der Waals surface area contributed by atoms with Gasteiger partial charge in [-0.2, -0.15) is 0 Å². The zero-order valence-corrected chi connectivity index (χ0v) is 11.8. The molecule has 0 aromatic carbocycles. The van der Waals surface area contributed by atoms with Crippen molar-refractivity contribution < 1.29 is 23.5 Å². The van der Waals surface area contributed by atoms with Crippen molar-refractivity contribution in [1.82, 2.24) is 5.32 Å². The molecule has 18 heavy (non-hydrogen) atoms. The van der Waals surface area contributed by atoms with E-state index in [2.05, 4.69) is 11.9 Å². The summed E-state index contributed by atoms with van der Waals surface area (Å²) in [5, 5.41) is 2.43. The van der Waals surface area contributed by atoms with Gasteiger partial charge < -0.3 is 19.3 Å². The van der Waals surface area contributed by atoms with Crippen LogP contribution in [0.3, 0.4) is 0 Å². The summed E-state index contributed by atoms with van der Waals surface area (Å²) in [5.74, 6) is -0.488. The highest BCUT2D eigenvalue weighted by Crippen LogP contribution is 1.93. The standard InChI is InChI=1S/C11H19NO5Si/c1-9(2)10(13)16-7-5-12-11(14)17-6-4-8-18(3)15/h1,4-8H2,2-3H3,(H,12,14). The van der Waals surface area contributed by atoms with E-state index in [1.54, 1.807) is 13.5 Å². The van der Waals surface area contributed by atoms with Crippen LogP contribution >= 0.6 is 0 Å². The average molecular weight is 273 g/mol. The van der Waals surface area contributed by atoms with Crippen LogP contribution in [0.1, 0.15) is 13.3 Å². The predicted molar refractivity (Wildman–Crippen MR) is 66.9 cm³/mol. The average Bonchev–Trinajstić information content (AvgIpc) is 2.29. The molecule has 0 spiro atoms. The summed E-state index contributed by atoms with van der Waals surface area (Å²) in [6.45, 7) is 7.13. The van der Waals surface area contributed by atoms with Crippen LogP contribution in [0.4, 0.5) is 4.79 Å². The van der Waals surface area contributed by atoms with Crippen molar-refractivity contribution in [3.8, 4) is 0 Å². The second-order valence-corrected chi connectivity index (χ2v) is 5.69. The summed E-state index contributed by atoms with van der Waals surface area (Å²) >= 11 is 0. The third-order valence-electron chi connectivity index (χ3n) is 1.86. The molecule has 1 N–H and O–H groups in total. The molecule has 0 atom stereocenters. The molecule has 0 bridgehead atoms. The van der Waals surface area contributed by atoms with Crippen molar-refractivity contribution in [2.75, 3.05) is 19.8 Å². The van der Waals surface area contributed by atoms with Gasteiger partial charge in [0.15, 0.2) is 0 Å². The third-order valence-corrected chi connectivity index (χ3v) is 2.92. The Morgan fingerprint density at radius 1 is 1.28 bits per heavy atom. The lowest BCUT2D eigenvalue weighted by atomic mass is 10.4. The predicted octanol–water partition coefficient (Wildman–Crippen LogP) is 1.27. The summed E-state index contributed by atoms with van der Waals surface area (Å²) in [5.41, 5.74) is 0.312. The molecular weight excluding hydrogens is 254 g/mol. The summed E-state index contributed by atoms with van der Waals surface area (Å²) in [4.78, 5) is 22.1. The molecule has 0 aromatic rings. The smallest absolute Gasteiger partial charge is 0.407 e. The maximum Gasteiger partial charge on any atom is 0.407 e. The van der Waals surface area contributed by atoms with E-state index in [0.29, 0.717) is 18.0 Å². The van der Waals surface area contributed by atoms with Crippen LogP contribution in [0, 0.1) is 0 Å². The quantitative estimate of drug-likeness (QED) is 0.312. The van der Waals surface area contributed by atoms with E-state index in [4.69, 9.17) is 9.47 Å². The molecular formula is C11H19NO5Si. The van der Waals surface area contributed by atoms with Gasteiger partial charge in [0, 0.05) is 5.57 Å². The summed E-state index contributed by atoms with van der Waals surface area (Å²) < 4.78 is 20.4. The van der Waals surface area contributed by atoms with Crippen molar-refractivity contribution >= 4 is 20.7 Å². The van der Waals surface area contributed by atoms with E-state index >= 15 is 0 Å². The fourth-order valence-electron chi connectivity index (χ4n) is 0.957. The van der Waals surface area contributed by atoms with Gasteiger partial charge in [-0.05, 0) is 25.9 Å². The second-order valence-electron chi connectivity index (χ2n) is 3.78. The Labute approximate surface area is 108 Å². The Kier molecular flexibility index (Phi) is 8.72.